The van der Waals surface area contributed by atoms with Crippen molar-refractivity contribution in [3.63, 3.8) is 0 Å². The van der Waals surface area contributed by atoms with Crippen LogP contribution < -0.4 is 0 Å². The number of hydrogen-bond acceptors (Lipinski definition) is 4. The fourth-order valence-corrected chi connectivity index (χ4v) is 2.92. The van der Waals surface area contributed by atoms with Gasteiger partial charge in [-0.2, -0.15) is 5.10 Å². The first-order valence-electron chi connectivity index (χ1n) is 8.11. The van der Waals surface area contributed by atoms with Crippen LogP contribution in [-0.4, -0.2) is 29.4 Å². The van der Waals surface area contributed by atoms with Gasteiger partial charge in [0.2, 0.25) is 0 Å². The van der Waals surface area contributed by atoms with E-state index >= 15 is 0 Å². The lowest BCUT2D eigenvalue weighted by Crippen LogP contribution is -1.99. The van der Waals surface area contributed by atoms with Crippen molar-refractivity contribution < 1.29 is 4.39 Å². The van der Waals surface area contributed by atoms with E-state index in [1.54, 1.807) is 33.9 Å². The van der Waals surface area contributed by atoms with Gasteiger partial charge in [0.1, 0.15) is 12.1 Å². The van der Waals surface area contributed by atoms with E-state index in [1.165, 1.54) is 17.7 Å². The molecule has 0 atom stereocenters. The molecule has 0 amide bonds. The van der Waals surface area contributed by atoms with E-state index in [-0.39, 0.29) is 5.82 Å². The number of halogens is 1. The summed E-state index contributed by atoms with van der Waals surface area (Å²) in [4.78, 5) is 9.12. The number of benzene rings is 2. The largest absolute Gasteiger partial charge is 0.216 e. The summed E-state index contributed by atoms with van der Waals surface area (Å²) in [5.74, 6) is 0.342. The Morgan fingerprint density at radius 2 is 1.69 bits per heavy atom. The highest BCUT2D eigenvalue weighted by Gasteiger charge is 2.14. The minimum atomic E-state index is -0.291. The summed E-state index contributed by atoms with van der Waals surface area (Å²) < 4.78 is 16.5. The molecule has 7 heteroatoms. The minimum Gasteiger partial charge on any atom is -0.216 e. The molecule has 0 spiro atoms. The number of fused-ring (bicyclic) bond motifs is 3. The van der Waals surface area contributed by atoms with Crippen LogP contribution in [-0.2, 0) is 0 Å². The molecule has 0 saturated heterocycles. The molecular weight excluding hydrogens is 331 g/mol. The van der Waals surface area contributed by atoms with E-state index in [0.29, 0.717) is 17.1 Å². The van der Waals surface area contributed by atoms with Crippen molar-refractivity contribution in [2.24, 2.45) is 0 Å². The molecule has 3 heterocycles. The first kappa shape index (κ1) is 14.7. The zero-order valence-electron chi connectivity index (χ0n) is 13.8. The molecule has 0 aliphatic rings. The van der Waals surface area contributed by atoms with Gasteiger partial charge in [-0.1, -0.05) is 29.8 Å². The molecule has 26 heavy (non-hydrogen) atoms. The average Bonchev–Trinajstić information content (AvgIpc) is 3.26. The van der Waals surface area contributed by atoms with Gasteiger partial charge in [-0.05, 0) is 31.2 Å². The zero-order valence-corrected chi connectivity index (χ0v) is 13.8. The Hall–Kier alpha value is -3.61. The minimum absolute atomic E-state index is 0.291. The number of hydrogen-bond donors (Lipinski definition) is 0. The fraction of sp³-hybridized carbons (Fsp3) is 0.0526. The SMILES string of the molecule is Cc1ccc(-c2nc3c4cnn(-c5ccc(F)cc5)c4ncn3n2)cc1. The monoisotopic (exact) mass is 344 g/mol. The summed E-state index contributed by atoms with van der Waals surface area (Å²) in [6.07, 6.45) is 3.32. The summed E-state index contributed by atoms with van der Waals surface area (Å²) in [6.45, 7) is 2.04. The van der Waals surface area contributed by atoms with Gasteiger partial charge in [0.05, 0.1) is 17.3 Å². The predicted octanol–water partition coefficient (Wildman–Crippen LogP) is 3.58. The predicted molar refractivity (Wildman–Crippen MR) is 95.5 cm³/mol. The van der Waals surface area contributed by atoms with Crippen LogP contribution in [0.2, 0.25) is 0 Å². The number of nitrogens with zero attached hydrogens (tertiary/aromatic N) is 6. The van der Waals surface area contributed by atoms with Crippen molar-refractivity contribution in [2.75, 3.05) is 0 Å². The van der Waals surface area contributed by atoms with Crippen molar-refractivity contribution in [3.05, 3.63) is 72.4 Å². The smallest absolute Gasteiger partial charge is 0.182 e. The molecule has 0 radical (unpaired) electrons. The highest BCUT2D eigenvalue weighted by molar-refractivity contribution is 5.89. The first-order chi connectivity index (χ1) is 12.7. The van der Waals surface area contributed by atoms with Gasteiger partial charge in [0.25, 0.3) is 0 Å². The highest BCUT2D eigenvalue weighted by Crippen LogP contribution is 2.23. The van der Waals surface area contributed by atoms with E-state index < -0.39 is 0 Å². The van der Waals surface area contributed by atoms with Crippen molar-refractivity contribution in [1.82, 2.24) is 29.4 Å². The standard InChI is InChI=1S/C19H13FN6/c1-12-2-4-13(5-3-12)17-23-19-16-10-22-26(15-8-6-14(20)7-9-15)18(16)21-11-25(19)24-17/h2-11H,1H3. The molecule has 2 aromatic carbocycles. The average molecular weight is 344 g/mol. The second-order valence-electron chi connectivity index (χ2n) is 6.08. The van der Waals surface area contributed by atoms with Crippen molar-refractivity contribution in [3.8, 4) is 17.1 Å². The maximum atomic E-state index is 13.2. The molecule has 0 bridgehead atoms. The molecule has 3 aromatic heterocycles. The Balaban J connectivity index is 1.68. The molecule has 5 rings (SSSR count). The number of aryl methyl sites for hydroxylation is 1. The van der Waals surface area contributed by atoms with Gasteiger partial charge in [0, 0.05) is 5.56 Å². The topological polar surface area (TPSA) is 60.9 Å². The number of rotatable bonds is 2. The summed E-state index contributed by atoms with van der Waals surface area (Å²) >= 11 is 0. The van der Waals surface area contributed by atoms with E-state index in [1.807, 2.05) is 31.2 Å². The molecule has 0 fully saturated rings. The maximum absolute atomic E-state index is 13.2. The lowest BCUT2D eigenvalue weighted by molar-refractivity contribution is 0.627. The normalized spacial score (nSPS) is 11.5. The fourth-order valence-electron chi connectivity index (χ4n) is 2.92. The summed E-state index contributed by atoms with van der Waals surface area (Å²) in [6, 6.07) is 14.2. The van der Waals surface area contributed by atoms with E-state index in [0.717, 1.165) is 16.6 Å². The van der Waals surface area contributed by atoms with E-state index in [2.05, 4.69) is 20.2 Å². The second kappa shape index (κ2) is 5.45. The molecule has 126 valence electrons. The van der Waals surface area contributed by atoms with E-state index in [4.69, 9.17) is 0 Å². The van der Waals surface area contributed by atoms with Crippen LogP contribution in [0, 0.1) is 12.7 Å². The van der Waals surface area contributed by atoms with Gasteiger partial charge < -0.3 is 0 Å². The molecule has 0 unspecified atom stereocenters. The van der Waals surface area contributed by atoms with Crippen LogP contribution in [0.15, 0.2) is 61.1 Å². The van der Waals surface area contributed by atoms with Crippen molar-refractivity contribution in [1.29, 1.82) is 0 Å². The molecule has 5 aromatic rings. The van der Waals surface area contributed by atoms with Gasteiger partial charge in [-0.15, -0.1) is 5.10 Å². The Labute approximate surface area is 147 Å². The molecule has 0 saturated carbocycles. The Bertz CT molecular complexity index is 1240. The van der Waals surface area contributed by atoms with Crippen LogP contribution in [0.25, 0.3) is 33.8 Å². The van der Waals surface area contributed by atoms with Gasteiger partial charge in [-0.25, -0.2) is 23.6 Å². The lowest BCUT2D eigenvalue weighted by atomic mass is 10.1. The van der Waals surface area contributed by atoms with Crippen LogP contribution in [0.3, 0.4) is 0 Å². The van der Waals surface area contributed by atoms with Gasteiger partial charge in [0.15, 0.2) is 17.1 Å². The van der Waals surface area contributed by atoms with Crippen LogP contribution >= 0.6 is 0 Å². The Morgan fingerprint density at radius 3 is 2.46 bits per heavy atom. The van der Waals surface area contributed by atoms with Gasteiger partial charge in [-0.3, -0.25) is 0 Å². The van der Waals surface area contributed by atoms with Crippen molar-refractivity contribution >= 4 is 16.7 Å². The molecular formula is C19H13FN6. The van der Waals surface area contributed by atoms with Gasteiger partial charge >= 0.3 is 0 Å². The molecule has 6 nitrogen and oxygen atoms in total. The Kier molecular flexibility index (Phi) is 3.08. The van der Waals surface area contributed by atoms with Crippen molar-refractivity contribution in [2.45, 2.75) is 6.92 Å². The van der Waals surface area contributed by atoms with Crippen LogP contribution in [0.4, 0.5) is 4.39 Å². The maximum Gasteiger partial charge on any atom is 0.182 e. The molecule has 0 N–H and O–H groups in total. The third-order valence-electron chi connectivity index (χ3n) is 4.29. The third-order valence-corrected chi connectivity index (χ3v) is 4.29. The molecule has 0 aliphatic heterocycles. The summed E-state index contributed by atoms with van der Waals surface area (Å²) in [5.41, 5.74) is 4.18. The quantitative estimate of drug-likeness (QED) is 0.491. The lowest BCUT2D eigenvalue weighted by Gasteiger charge is -2.02. The van der Waals surface area contributed by atoms with Crippen LogP contribution in [0.5, 0.6) is 0 Å². The van der Waals surface area contributed by atoms with Crippen LogP contribution in [0.1, 0.15) is 5.56 Å². The zero-order chi connectivity index (χ0) is 17.7. The second-order valence-corrected chi connectivity index (χ2v) is 6.08. The third kappa shape index (κ3) is 2.25. The molecule has 0 aliphatic carbocycles. The first-order valence-corrected chi connectivity index (χ1v) is 8.11. The van der Waals surface area contributed by atoms with E-state index in [9.17, 15) is 4.39 Å². The summed E-state index contributed by atoms with van der Waals surface area (Å²) in [5, 5.41) is 9.68. The Morgan fingerprint density at radius 1 is 0.923 bits per heavy atom. The summed E-state index contributed by atoms with van der Waals surface area (Å²) in [7, 11) is 0. The highest BCUT2D eigenvalue weighted by atomic mass is 19.1. The number of aromatic nitrogens is 6.